The Labute approximate surface area is 279 Å². The van der Waals surface area contributed by atoms with Gasteiger partial charge in [-0.15, -0.1) is 0 Å². The number of hydrogen-bond acceptors (Lipinski definition) is 2. The van der Waals surface area contributed by atoms with E-state index in [0.29, 0.717) is 0 Å². The van der Waals surface area contributed by atoms with E-state index in [-0.39, 0.29) is 0 Å². The van der Waals surface area contributed by atoms with Crippen LogP contribution in [0.3, 0.4) is 0 Å². The van der Waals surface area contributed by atoms with Gasteiger partial charge in [0.2, 0.25) is 0 Å². The molecule has 0 radical (unpaired) electrons. The molecule has 0 N–H and O–H groups in total. The lowest BCUT2D eigenvalue weighted by Gasteiger charge is -2.15. The Balaban J connectivity index is 1.22. The van der Waals surface area contributed by atoms with Crippen molar-refractivity contribution in [2.75, 3.05) is 0 Å². The van der Waals surface area contributed by atoms with Crippen LogP contribution in [0.5, 0.6) is 0 Å². The Kier molecular flexibility index (Phi) is 6.69. The molecular formula is C45H31N3. The Morgan fingerprint density at radius 1 is 0.438 bits per heavy atom. The minimum atomic E-state index is 0.932. The van der Waals surface area contributed by atoms with Crippen molar-refractivity contribution in [1.29, 1.82) is 0 Å². The molecule has 0 saturated carbocycles. The van der Waals surface area contributed by atoms with Gasteiger partial charge in [-0.25, -0.2) is 4.98 Å². The second kappa shape index (κ2) is 11.5. The van der Waals surface area contributed by atoms with Crippen LogP contribution in [0.2, 0.25) is 0 Å². The lowest BCUT2D eigenvalue weighted by atomic mass is 9.90. The molecule has 0 atom stereocenters. The molecule has 6 aromatic carbocycles. The van der Waals surface area contributed by atoms with Crippen molar-refractivity contribution in [2.45, 2.75) is 6.92 Å². The first kappa shape index (κ1) is 27.9. The summed E-state index contributed by atoms with van der Waals surface area (Å²) in [6.07, 6.45) is 2.09. The number of nitrogens with zero attached hydrogens (tertiary/aromatic N) is 3. The highest BCUT2D eigenvalue weighted by Crippen LogP contribution is 2.39. The fraction of sp³-hybridized carbons (Fsp3) is 0.0222. The van der Waals surface area contributed by atoms with E-state index in [9.17, 15) is 0 Å². The maximum atomic E-state index is 5.09. The van der Waals surface area contributed by atoms with E-state index in [0.717, 1.165) is 56.2 Å². The van der Waals surface area contributed by atoms with Crippen LogP contribution in [-0.4, -0.2) is 14.4 Å². The molecule has 3 heteroatoms. The number of aromatic nitrogens is 3. The summed E-state index contributed by atoms with van der Waals surface area (Å²) in [5.41, 5.74) is 13.0. The maximum absolute atomic E-state index is 5.09. The van der Waals surface area contributed by atoms with Crippen LogP contribution in [0.1, 0.15) is 5.69 Å². The third kappa shape index (κ3) is 4.85. The Morgan fingerprint density at radius 2 is 1.12 bits per heavy atom. The molecule has 0 aliphatic carbocycles. The average molecular weight is 614 g/mol. The highest BCUT2D eigenvalue weighted by Gasteiger charge is 2.17. The molecular weight excluding hydrogens is 583 g/mol. The third-order valence-electron chi connectivity index (χ3n) is 9.26. The van der Waals surface area contributed by atoms with Crippen molar-refractivity contribution >= 4 is 27.2 Å². The number of pyridine rings is 2. The highest BCUT2D eigenvalue weighted by molar-refractivity contribution is 6.14. The monoisotopic (exact) mass is 613 g/mol. The van der Waals surface area contributed by atoms with E-state index in [2.05, 4.69) is 162 Å². The molecule has 3 nitrogen and oxygen atoms in total. The van der Waals surface area contributed by atoms with Crippen LogP contribution in [0, 0.1) is 6.92 Å². The maximum Gasteiger partial charge on any atom is 0.137 e. The van der Waals surface area contributed by atoms with E-state index in [4.69, 9.17) is 9.97 Å². The topological polar surface area (TPSA) is 30.2 Å². The first-order valence-electron chi connectivity index (χ1n) is 16.3. The molecule has 48 heavy (non-hydrogen) atoms. The van der Waals surface area contributed by atoms with Crippen molar-refractivity contribution in [3.05, 3.63) is 176 Å². The summed E-state index contributed by atoms with van der Waals surface area (Å²) in [6.45, 7) is 2.05. The van der Waals surface area contributed by atoms with Gasteiger partial charge in [-0.1, -0.05) is 115 Å². The third-order valence-corrected chi connectivity index (χ3v) is 9.26. The zero-order chi connectivity index (χ0) is 32.0. The van der Waals surface area contributed by atoms with Crippen molar-refractivity contribution in [3.63, 3.8) is 0 Å². The van der Waals surface area contributed by atoms with Gasteiger partial charge in [0.25, 0.3) is 0 Å². The molecule has 0 fully saturated rings. The normalized spacial score (nSPS) is 11.4. The van der Waals surface area contributed by atoms with Gasteiger partial charge in [-0.05, 0) is 99.3 Å². The molecule has 0 amide bonds. The predicted octanol–water partition coefficient (Wildman–Crippen LogP) is 11.7. The molecule has 0 aliphatic heterocycles. The summed E-state index contributed by atoms with van der Waals surface area (Å²) in [5.74, 6) is 0. The molecule has 0 aliphatic rings. The van der Waals surface area contributed by atoms with Gasteiger partial charge < -0.3 is 0 Å². The highest BCUT2D eigenvalue weighted by atomic mass is 15.0. The zero-order valence-corrected chi connectivity index (χ0v) is 26.5. The minimum absolute atomic E-state index is 0.932. The molecule has 226 valence electrons. The first-order chi connectivity index (χ1) is 23.7. The average Bonchev–Trinajstić information content (AvgIpc) is 3.54. The van der Waals surface area contributed by atoms with Crippen LogP contribution >= 0.6 is 0 Å². The fourth-order valence-electron chi connectivity index (χ4n) is 6.98. The number of aryl methyl sites for hydroxylation is 1. The van der Waals surface area contributed by atoms with Gasteiger partial charge in [0.05, 0.1) is 17.1 Å². The number of rotatable bonds is 5. The second-order valence-electron chi connectivity index (χ2n) is 12.3. The summed E-state index contributed by atoms with van der Waals surface area (Å²) in [6, 6.07) is 58.4. The van der Waals surface area contributed by atoms with Crippen LogP contribution < -0.4 is 0 Å². The number of imidazole rings is 1. The Bertz CT molecular complexity index is 2610. The van der Waals surface area contributed by atoms with Crippen LogP contribution in [-0.2, 0) is 0 Å². The molecule has 3 heterocycles. The van der Waals surface area contributed by atoms with E-state index in [1.807, 2.05) is 19.1 Å². The minimum Gasteiger partial charge on any atom is -0.299 e. The number of fused-ring (bicyclic) bond motifs is 4. The quantitative estimate of drug-likeness (QED) is 0.181. The molecule has 3 aromatic heterocycles. The van der Waals surface area contributed by atoms with Gasteiger partial charge in [-0.2, -0.15) is 0 Å². The molecule has 0 spiro atoms. The van der Waals surface area contributed by atoms with Crippen LogP contribution in [0.4, 0.5) is 0 Å². The van der Waals surface area contributed by atoms with Crippen LogP contribution in [0.15, 0.2) is 170 Å². The predicted molar refractivity (Wildman–Crippen MR) is 200 cm³/mol. The molecule has 0 unspecified atom stereocenters. The van der Waals surface area contributed by atoms with E-state index in [1.54, 1.807) is 0 Å². The molecule has 0 bridgehead atoms. The SMILES string of the molecule is Cc1cccc(-c2cc(-c3ccc(-c4nc5ccccn5c4-c4ccccc4)cc3)cc(-c3cc4ccccc4c4ccccc34)c2)n1. The standard InChI is InChI=1S/C45H31N3/c1-30-12-11-19-42(46-30)37-27-35(26-36(28-37)41-29-34-15-5-6-16-38(34)39-17-7-8-18-40(39)41)31-21-23-32(24-22-31)44-45(33-13-3-2-4-14-33)48-25-10-9-20-43(48)47-44/h2-29H,1H3. The van der Waals surface area contributed by atoms with E-state index in [1.165, 1.54) is 32.7 Å². The van der Waals surface area contributed by atoms with Crippen molar-refractivity contribution in [1.82, 2.24) is 14.4 Å². The second-order valence-corrected chi connectivity index (χ2v) is 12.3. The van der Waals surface area contributed by atoms with Crippen molar-refractivity contribution in [2.24, 2.45) is 0 Å². The summed E-state index contributed by atoms with van der Waals surface area (Å²) >= 11 is 0. The van der Waals surface area contributed by atoms with Gasteiger partial charge >= 0.3 is 0 Å². The Morgan fingerprint density at radius 3 is 1.96 bits per heavy atom. The number of benzene rings is 6. The molecule has 0 saturated heterocycles. The molecule has 9 rings (SSSR count). The summed E-state index contributed by atoms with van der Waals surface area (Å²) in [5, 5.41) is 5.01. The largest absolute Gasteiger partial charge is 0.299 e. The lowest BCUT2D eigenvalue weighted by Crippen LogP contribution is -1.91. The van der Waals surface area contributed by atoms with Gasteiger partial charge in [0.1, 0.15) is 5.65 Å². The van der Waals surface area contributed by atoms with Gasteiger partial charge in [0.15, 0.2) is 0 Å². The summed E-state index contributed by atoms with van der Waals surface area (Å²) < 4.78 is 2.18. The smallest absolute Gasteiger partial charge is 0.137 e. The Hall–Kier alpha value is -6.32. The number of hydrogen-bond donors (Lipinski definition) is 0. The van der Waals surface area contributed by atoms with Gasteiger partial charge in [-0.3, -0.25) is 9.38 Å². The lowest BCUT2D eigenvalue weighted by molar-refractivity contribution is 1.19. The zero-order valence-electron chi connectivity index (χ0n) is 26.5. The fourth-order valence-corrected chi connectivity index (χ4v) is 6.98. The summed E-state index contributed by atoms with van der Waals surface area (Å²) in [7, 11) is 0. The van der Waals surface area contributed by atoms with E-state index < -0.39 is 0 Å². The van der Waals surface area contributed by atoms with Crippen molar-refractivity contribution < 1.29 is 0 Å². The van der Waals surface area contributed by atoms with Crippen molar-refractivity contribution in [3.8, 4) is 56.0 Å². The van der Waals surface area contributed by atoms with E-state index >= 15 is 0 Å². The van der Waals surface area contributed by atoms with Crippen LogP contribution in [0.25, 0.3) is 83.2 Å². The summed E-state index contributed by atoms with van der Waals surface area (Å²) in [4.78, 5) is 10.0. The van der Waals surface area contributed by atoms with Gasteiger partial charge in [0, 0.05) is 28.6 Å². The first-order valence-corrected chi connectivity index (χ1v) is 16.3. The molecule has 9 aromatic rings.